The van der Waals surface area contributed by atoms with Gasteiger partial charge in [-0.3, -0.25) is 0 Å². The normalized spacial score (nSPS) is 31.0. The molecule has 2 N–H and O–H groups in total. The number of nitrogens with one attached hydrogen (secondary N) is 2. The quantitative estimate of drug-likeness (QED) is 0.808. The predicted molar refractivity (Wildman–Crippen MR) is 101 cm³/mol. The maximum atomic E-state index is 4.59. The lowest BCUT2D eigenvalue weighted by Crippen LogP contribution is -3.29. The Bertz CT molecular complexity index is 707. The summed E-state index contributed by atoms with van der Waals surface area (Å²) in [6.07, 6.45) is 9.23. The molecule has 5 rings (SSSR count). The lowest BCUT2D eigenvalue weighted by atomic mass is 9.95. The first-order valence-corrected chi connectivity index (χ1v) is 11.3. The molecule has 0 spiro atoms. The number of piperazine rings is 1. The molecule has 0 amide bonds. The zero-order valence-corrected chi connectivity index (χ0v) is 16.3. The first-order chi connectivity index (χ1) is 12.9. The topological polar surface area (TPSA) is 52.5 Å². The van der Waals surface area contributed by atoms with Crippen molar-refractivity contribution in [3.05, 3.63) is 28.2 Å². The minimum Gasteiger partial charge on any atom is -0.323 e. The number of rotatable bonds is 4. The second-order valence-electron chi connectivity index (χ2n) is 8.33. The van der Waals surface area contributed by atoms with E-state index in [4.69, 9.17) is 0 Å². The van der Waals surface area contributed by atoms with Crippen LogP contribution in [0.1, 0.15) is 67.7 Å². The minimum atomic E-state index is 0.300. The highest BCUT2D eigenvalue weighted by molar-refractivity contribution is 7.10. The number of quaternary nitrogens is 2. The number of aromatic nitrogens is 4. The van der Waals surface area contributed by atoms with Crippen molar-refractivity contribution in [3.63, 3.8) is 0 Å². The van der Waals surface area contributed by atoms with Gasteiger partial charge in [-0.15, -0.1) is 16.4 Å². The zero-order chi connectivity index (χ0) is 17.3. The van der Waals surface area contributed by atoms with Crippen LogP contribution in [0.25, 0.3) is 0 Å². The Hall–Kier alpha value is -1.31. The average molecular weight is 375 g/mol. The van der Waals surface area contributed by atoms with E-state index in [1.807, 2.05) is 16.2 Å². The molecule has 7 heteroatoms. The van der Waals surface area contributed by atoms with Crippen molar-refractivity contribution in [3.8, 4) is 0 Å². The molecule has 2 aromatic heterocycles. The molecule has 3 aliphatic rings. The maximum Gasteiger partial charge on any atom is 0.215 e. The monoisotopic (exact) mass is 374 g/mol. The van der Waals surface area contributed by atoms with E-state index in [1.165, 1.54) is 76.0 Å². The second kappa shape index (κ2) is 7.37. The lowest BCUT2D eigenvalue weighted by molar-refractivity contribution is -1.03. The summed E-state index contributed by atoms with van der Waals surface area (Å²) in [6, 6.07) is 6.09. The van der Waals surface area contributed by atoms with Gasteiger partial charge in [0.1, 0.15) is 25.7 Å². The molecular weight excluding hydrogens is 344 g/mol. The Kier molecular flexibility index (Phi) is 4.77. The Labute approximate surface area is 159 Å². The Morgan fingerprint density at radius 3 is 2.85 bits per heavy atom. The number of fused-ring (bicyclic) bond motifs is 1. The second-order valence-corrected chi connectivity index (χ2v) is 9.31. The molecule has 2 aliphatic heterocycles. The predicted octanol–water partition coefficient (Wildman–Crippen LogP) is 0.275. The fourth-order valence-electron chi connectivity index (χ4n) is 5.50. The molecule has 2 unspecified atom stereocenters. The third-order valence-electron chi connectivity index (χ3n) is 6.84. The maximum absolute atomic E-state index is 4.59. The van der Waals surface area contributed by atoms with Gasteiger partial charge in [0.05, 0.1) is 17.5 Å². The van der Waals surface area contributed by atoms with Crippen LogP contribution in [0, 0.1) is 0 Å². The van der Waals surface area contributed by atoms with Gasteiger partial charge in [0.15, 0.2) is 6.04 Å². The third kappa shape index (κ3) is 3.10. The molecule has 4 atom stereocenters. The van der Waals surface area contributed by atoms with Gasteiger partial charge in [0, 0.05) is 12.8 Å². The molecule has 4 heterocycles. The molecule has 6 nitrogen and oxygen atoms in total. The van der Waals surface area contributed by atoms with Crippen LogP contribution in [0.15, 0.2) is 17.5 Å². The number of hydrogen-bond donors (Lipinski definition) is 2. The van der Waals surface area contributed by atoms with Crippen LogP contribution in [0.5, 0.6) is 0 Å². The molecule has 0 bridgehead atoms. The lowest BCUT2D eigenvalue weighted by Gasteiger charge is -2.36. The summed E-state index contributed by atoms with van der Waals surface area (Å²) in [5.41, 5.74) is 0. The van der Waals surface area contributed by atoms with Crippen LogP contribution in [0.2, 0.25) is 0 Å². The summed E-state index contributed by atoms with van der Waals surface area (Å²) >= 11 is 1.87. The summed E-state index contributed by atoms with van der Waals surface area (Å²) in [4.78, 5) is 4.94. The molecule has 26 heavy (non-hydrogen) atoms. The van der Waals surface area contributed by atoms with Crippen molar-refractivity contribution in [2.45, 2.75) is 63.1 Å². The van der Waals surface area contributed by atoms with Crippen LogP contribution >= 0.6 is 11.3 Å². The van der Waals surface area contributed by atoms with Crippen LogP contribution in [0.4, 0.5) is 0 Å². The Morgan fingerprint density at radius 1 is 1.08 bits per heavy atom. The fourth-order valence-corrected chi connectivity index (χ4v) is 6.38. The van der Waals surface area contributed by atoms with Gasteiger partial charge < -0.3 is 9.80 Å². The van der Waals surface area contributed by atoms with Gasteiger partial charge in [0.2, 0.25) is 5.82 Å². The number of thiophene rings is 1. The van der Waals surface area contributed by atoms with Gasteiger partial charge in [0.25, 0.3) is 0 Å². The van der Waals surface area contributed by atoms with E-state index < -0.39 is 0 Å². The van der Waals surface area contributed by atoms with E-state index in [9.17, 15) is 0 Å². The standard InChI is InChI=1S/C19H28N6S/c1-2-6-15(7-3-1)25-19(20-21-22-25)18(17-9-5-13-26-17)24-12-11-23-10-4-8-16(23)14-24/h5,9,13,15-16,18H,1-4,6-8,10-12,14H2/p+2/t16-,18-/m1/s1. The van der Waals surface area contributed by atoms with E-state index in [0.29, 0.717) is 12.1 Å². The number of hydrogen-bond acceptors (Lipinski definition) is 4. The SMILES string of the molecule is c1csc([C@H](c2nnnn2C2CCCCC2)[NH+]2CC[NH+]3CCC[C@@H]3C2)c1. The van der Waals surface area contributed by atoms with Crippen molar-refractivity contribution in [2.24, 2.45) is 0 Å². The van der Waals surface area contributed by atoms with Crippen LogP contribution in [-0.4, -0.2) is 52.4 Å². The first kappa shape index (κ1) is 16.8. The summed E-state index contributed by atoms with van der Waals surface area (Å²) in [7, 11) is 0. The van der Waals surface area contributed by atoms with E-state index >= 15 is 0 Å². The molecule has 1 aliphatic carbocycles. The van der Waals surface area contributed by atoms with Crippen molar-refractivity contribution in [2.75, 3.05) is 26.2 Å². The summed E-state index contributed by atoms with van der Waals surface area (Å²) < 4.78 is 2.20. The molecule has 0 radical (unpaired) electrons. The molecule has 1 saturated carbocycles. The van der Waals surface area contributed by atoms with Crippen molar-refractivity contribution in [1.29, 1.82) is 0 Å². The smallest absolute Gasteiger partial charge is 0.215 e. The Morgan fingerprint density at radius 2 is 2.00 bits per heavy atom. The number of tetrazole rings is 1. The van der Waals surface area contributed by atoms with Crippen LogP contribution in [0.3, 0.4) is 0 Å². The highest BCUT2D eigenvalue weighted by Crippen LogP contribution is 2.30. The molecule has 3 fully saturated rings. The molecule has 0 aromatic carbocycles. The summed E-state index contributed by atoms with van der Waals surface area (Å²) in [6.45, 7) is 5.16. The van der Waals surface area contributed by atoms with Gasteiger partial charge in [-0.25, -0.2) is 4.68 Å². The van der Waals surface area contributed by atoms with Crippen LogP contribution in [-0.2, 0) is 0 Å². The Balaban J connectivity index is 1.47. The van der Waals surface area contributed by atoms with Crippen molar-refractivity contribution in [1.82, 2.24) is 20.2 Å². The summed E-state index contributed by atoms with van der Waals surface area (Å²) in [5, 5.41) is 15.4. The number of nitrogens with zero attached hydrogens (tertiary/aromatic N) is 4. The van der Waals surface area contributed by atoms with Crippen molar-refractivity contribution < 1.29 is 9.80 Å². The minimum absolute atomic E-state index is 0.300. The van der Waals surface area contributed by atoms with Gasteiger partial charge in [-0.2, -0.15) is 0 Å². The van der Waals surface area contributed by atoms with E-state index in [0.717, 1.165) is 11.9 Å². The van der Waals surface area contributed by atoms with Gasteiger partial charge in [-0.05, 0) is 34.7 Å². The van der Waals surface area contributed by atoms with Crippen LogP contribution < -0.4 is 9.80 Å². The highest BCUT2D eigenvalue weighted by Gasteiger charge is 2.43. The first-order valence-electron chi connectivity index (χ1n) is 10.4. The van der Waals surface area contributed by atoms with Gasteiger partial charge in [-0.1, -0.05) is 25.3 Å². The zero-order valence-electron chi connectivity index (χ0n) is 15.4. The van der Waals surface area contributed by atoms with E-state index in [-0.39, 0.29) is 0 Å². The van der Waals surface area contributed by atoms with Crippen molar-refractivity contribution >= 4 is 11.3 Å². The fraction of sp³-hybridized carbons (Fsp3) is 0.737. The molecule has 140 valence electrons. The summed E-state index contributed by atoms with van der Waals surface area (Å²) in [5.74, 6) is 1.11. The van der Waals surface area contributed by atoms with E-state index in [2.05, 4.69) is 37.7 Å². The molecule has 2 aromatic rings. The highest BCUT2D eigenvalue weighted by atomic mass is 32.1. The van der Waals surface area contributed by atoms with Gasteiger partial charge >= 0.3 is 0 Å². The largest absolute Gasteiger partial charge is 0.323 e. The average Bonchev–Trinajstić information content (AvgIpc) is 3.44. The molecular formula is C19H30N6S+2. The molecule has 2 saturated heterocycles. The van der Waals surface area contributed by atoms with E-state index in [1.54, 1.807) is 4.90 Å². The third-order valence-corrected chi connectivity index (χ3v) is 7.77.